The normalized spacial score (nSPS) is 16.6. The number of ether oxygens (including phenoxy) is 1. The number of hydrogen-bond donors (Lipinski definition) is 1. The van der Waals surface area contributed by atoms with Crippen molar-refractivity contribution in [3.63, 3.8) is 0 Å². The highest BCUT2D eigenvalue weighted by Gasteiger charge is 2.09. The van der Waals surface area contributed by atoms with Crippen LogP contribution in [0.5, 0.6) is 0 Å². The van der Waals surface area contributed by atoms with Crippen LogP contribution in [0.15, 0.2) is 22.7 Å². The van der Waals surface area contributed by atoms with Crippen LogP contribution in [-0.2, 0) is 4.74 Å². The molecule has 1 aromatic heterocycles. The van der Waals surface area contributed by atoms with Gasteiger partial charge in [0, 0.05) is 24.1 Å². The summed E-state index contributed by atoms with van der Waals surface area (Å²) in [6.45, 7) is 5.98. The van der Waals surface area contributed by atoms with E-state index in [0.29, 0.717) is 0 Å². The van der Waals surface area contributed by atoms with Crippen LogP contribution in [0.1, 0.15) is 6.42 Å². The van der Waals surface area contributed by atoms with Gasteiger partial charge in [-0.05, 0) is 31.2 Å². The Bertz CT molecular complexity index is 569. The van der Waals surface area contributed by atoms with E-state index in [-0.39, 0.29) is 0 Å². The molecule has 0 bridgehead atoms. The minimum Gasteiger partial charge on any atom is -0.379 e. The van der Waals surface area contributed by atoms with Crippen LogP contribution in [0.3, 0.4) is 0 Å². The predicted octanol–water partition coefficient (Wildman–Crippen LogP) is 3.19. The standard InChI is InChI=1S/C14H18BrN3OS/c15-11-2-3-13-12(10-11)17-14(20-13)16-4-1-5-18-6-8-19-9-7-18/h2-3,10H,1,4-9H2,(H,16,17). The molecule has 0 aliphatic carbocycles. The first kappa shape index (κ1) is 14.3. The van der Waals surface area contributed by atoms with E-state index in [1.54, 1.807) is 11.3 Å². The average molecular weight is 356 g/mol. The number of halogens is 1. The predicted molar refractivity (Wildman–Crippen MR) is 87.7 cm³/mol. The van der Waals surface area contributed by atoms with Gasteiger partial charge in [0.15, 0.2) is 5.13 Å². The summed E-state index contributed by atoms with van der Waals surface area (Å²) in [5, 5.41) is 4.44. The molecular formula is C14H18BrN3OS. The molecule has 3 rings (SSSR count). The first-order valence-corrected chi connectivity index (χ1v) is 8.52. The Labute approximate surface area is 131 Å². The molecule has 108 valence electrons. The number of fused-ring (bicyclic) bond motifs is 1. The second kappa shape index (κ2) is 6.85. The van der Waals surface area contributed by atoms with Crippen molar-refractivity contribution in [1.29, 1.82) is 0 Å². The first-order chi connectivity index (χ1) is 9.81. The molecule has 1 aliphatic heterocycles. The molecule has 1 fully saturated rings. The van der Waals surface area contributed by atoms with Gasteiger partial charge in [-0.3, -0.25) is 4.90 Å². The van der Waals surface area contributed by atoms with Gasteiger partial charge in [0.05, 0.1) is 23.4 Å². The number of aromatic nitrogens is 1. The monoisotopic (exact) mass is 355 g/mol. The summed E-state index contributed by atoms with van der Waals surface area (Å²) in [6, 6.07) is 6.23. The van der Waals surface area contributed by atoms with Crippen molar-refractivity contribution in [2.24, 2.45) is 0 Å². The van der Waals surface area contributed by atoms with Gasteiger partial charge < -0.3 is 10.1 Å². The van der Waals surface area contributed by atoms with Crippen molar-refractivity contribution in [2.75, 3.05) is 44.7 Å². The third-order valence-electron chi connectivity index (χ3n) is 3.38. The Morgan fingerprint density at radius 3 is 3.05 bits per heavy atom. The van der Waals surface area contributed by atoms with Gasteiger partial charge in [-0.25, -0.2) is 4.98 Å². The molecule has 0 unspecified atom stereocenters. The highest BCUT2D eigenvalue weighted by molar-refractivity contribution is 9.10. The molecule has 0 amide bonds. The number of hydrogen-bond acceptors (Lipinski definition) is 5. The van der Waals surface area contributed by atoms with Crippen LogP contribution >= 0.6 is 27.3 Å². The van der Waals surface area contributed by atoms with Crippen LogP contribution in [0.25, 0.3) is 10.2 Å². The molecule has 4 nitrogen and oxygen atoms in total. The Balaban J connectivity index is 1.47. The fourth-order valence-corrected chi connectivity index (χ4v) is 3.52. The fraction of sp³-hybridized carbons (Fsp3) is 0.500. The van der Waals surface area contributed by atoms with E-state index >= 15 is 0 Å². The number of nitrogens with zero attached hydrogens (tertiary/aromatic N) is 2. The molecule has 1 saturated heterocycles. The topological polar surface area (TPSA) is 37.4 Å². The van der Waals surface area contributed by atoms with E-state index in [1.807, 2.05) is 0 Å². The fourth-order valence-electron chi connectivity index (χ4n) is 2.30. The van der Waals surface area contributed by atoms with Gasteiger partial charge in [0.2, 0.25) is 0 Å². The SMILES string of the molecule is Brc1ccc2sc(NCCCN3CCOCC3)nc2c1. The molecule has 0 saturated carbocycles. The van der Waals surface area contributed by atoms with E-state index in [4.69, 9.17) is 4.74 Å². The lowest BCUT2D eigenvalue weighted by Gasteiger charge is -2.26. The summed E-state index contributed by atoms with van der Waals surface area (Å²) in [7, 11) is 0. The van der Waals surface area contributed by atoms with Crippen LogP contribution in [0.2, 0.25) is 0 Å². The lowest BCUT2D eigenvalue weighted by Crippen LogP contribution is -2.37. The van der Waals surface area contributed by atoms with Crippen molar-refractivity contribution < 1.29 is 4.74 Å². The second-order valence-corrected chi connectivity index (χ2v) is 6.81. The van der Waals surface area contributed by atoms with Gasteiger partial charge >= 0.3 is 0 Å². The van der Waals surface area contributed by atoms with Crippen molar-refractivity contribution in [3.8, 4) is 0 Å². The molecule has 1 aromatic carbocycles. The minimum absolute atomic E-state index is 0.875. The summed E-state index contributed by atoms with van der Waals surface area (Å²) in [5.41, 5.74) is 1.06. The molecule has 0 atom stereocenters. The van der Waals surface area contributed by atoms with Crippen molar-refractivity contribution in [2.45, 2.75) is 6.42 Å². The molecule has 6 heteroatoms. The number of nitrogens with one attached hydrogen (secondary N) is 1. The largest absolute Gasteiger partial charge is 0.379 e. The van der Waals surface area contributed by atoms with E-state index < -0.39 is 0 Å². The smallest absolute Gasteiger partial charge is 0.183 e. The summed E-state index contributed by atoms with van der Waals surface area (Å²) >= 11 is 5.19. The maximum atomic E-state index is 5.35. The van der Waals surface area contributed by atoms with E-state index in [9.17, 15) is 0 Å². The zero-order valence-electron chi connectivity index (χ0n) is 11.3. The van der Waals surface area contributed by atoms with Gasteiger partial charge in [-0.2, -0.15) is 0 Å². The van der Waals surface area contributed by atoms with Crippen molar-refractivity contribution >= 4 is 42.6 Å². The summed E-state index contributed by atoms with van der Waals surface area (Å²) in [6.07, 6.45) is 1.14. The van der Waals surface area contributed by atoms with Crippen LogP contribution < -0.4 is 5.32 Å². The Morgan fingerprint density at radius 1 is 1.35 bits per heavy atom. The first-order valence-electron chi connectivity index (χ1n) is 6.91. The quantitative estimate of drug-likeness (QED) is 0.835. The van der Waals surface area contributed by atoms with Gasteiger partial charge in [-0.15, -0.1) is 0 Å². The van der Waals surface area contributed by atoms with Gasteiger partial charge in [0.25, 0.3) is 0 Å². The third kappa shape index (κ3) is 3.69. The lowest BCUT2D eigenvalue weighted by atomic mass is 10.3. The molecular weight excluding hydrogens is 338 g/mol. The second-order valence-electron chi connectivity index (χ2n) is 4.87. The van der Waals surface area contributed by atoms with Crippen LogP contribution in [0.4, 0.5) is 5.13 Å². The Kier molecular flexibility index (Phi) is 4.88. The molecule has 0 radical (unpaired) electrons. The van der Waals surface area contributed by atoms with Crippen LogP contribution in [-0.4, -0.2) is 49.3 Å². The minimum atomic E-state index is 0.875. The summed E-state index contributed by atoms with van der Waals surface area (Å²) < 4.78 is 7.65. The highest BCUT2D eigenvalue weighted by atomic mass is 79.9. The molecule has 2 aromatic rings. The lowest BCUT2D eigenvalue weighted by molar-refractivity contribution is 0.0378. The number of morpholine rings is 1. The van der Waals surface area contributed by atoms with E-state index in [2.05, 4.69) is 49.3 Å². The maximum Gasteiger partial charge on any atom is 0.183 e. The van der Waals surface area contributed by atoms with Crippen molar-refractivity contribution in [3.05, 3.63) is 22.7 Å². The zero-order chi connectivity index (χ0) is 13.8. The third-order valence-corrected chi connectivity index (χ3v) is 4.87. The van der Waals surface area contributed by atoms with E-state index in [0.717, 1.165) is 60.9 Å². The van der Waals surface area contributed by atoms with Crippen LogP contribution in [0, 0.1) is 0 Å². The molecule has 1 N–H and O–H groups in total. The molecule has 1 aliphatic rings. The number of thiazole rings is 1. The average Bonchev–Trinajstić information content (AvgIpc) is 2.86. The summed E-state index contributed by atoms with van der Waals surface area (Å²) in [5.74, 6) is 0. The number of rotatable bonds is 5. The Hall–Kier alpha value is -0.690. The summed E-state index contributed by atoms with van der Waals surface area (Å²) in [4.78, 5) is 7.06. The zero-order valence-corrected chi connectivity index (χ0v) is 13.7. The van der Waals surface area contributed by atoms with E-state index in [1.165, 1.54) is 4.70 Å². The molecule has 0 spiro atoms. The molecule has 20 heavy (non-hydrogen) atoms. The Morgan fingerprint density at radius 2 is 2.20 bits per heavy atom. The van der Waals surface area contributed by atoms with Gasteiger partial charge in [-0.1, -0.05) is 27.3 Å². The van der Waals surface area contributed by atoms with Gasteiger partial charge in [0.1, 0.15) is 0 Å². The maximum absolute atomic E-state index is 5.35. The number of anilines is 1. The van der Waals surface area contributed by atoms with Crippen molar-refractivity contribution in [1.82, 2.24) is 9.88 Å². The number of benzene rings is 1. The molecule has 2 heterocycles. The highest BCUT2D eigenvalue weighted by Crippen LogP contribution is 2.28.